The fraction of sp³-hybridized carbons (Fsp3) is 0.136. The van der Waals surface area contributed by atoms with E-state index in [-0.39, 0.29) is 28.1 Å². The number of methoxy groups -OCH3 is 2. The van der Waals surface area contributed by atoms with Gasteiger partial charge in [0, 0.05) is 11.8 Å². The van der Waals surface area contributed by atoms with Gasteiger partial charge in [0.25, 0.3) is 5.56 Å². The molecule has 2 aromatic heterocycles. The summed E-state index contributed by atoms with van der Waals surface area (Å²) in [4.78, 5) is 30.1. The molecule has 0 unspecified atom stereocenters. The molecule has 0 atom stereocenters. The summed E-state index contributed by atoms with van der Waals surface area (Å²) in [5.74, 6) is 0.120. The van der Waals surface area contributed by atoms with Crippen molar-refractivity contribution in [3.8, 4) is 17.2 Å². The lowest BCUT2D eigenvalue weighted by Gasteiger charge is -2.13. The highest BCUT2D eigenvalue weighted by molar-refractivity contribution is 7.99. The van der Waals surface area contributed by atoms with Gasteiger partial charge in [-0.15, -0.1) is 11.3 Å². The molecule has 4 rings (SSSR count). The van der Waals surface area contributed by atoms with Crippen LogP contribution in [0.25, 0.3) is 15.9 Å². The largest absolute Gasteiger partial charge is 0.493 e. The average molecular weight is 472 g/mol. The predicted molar refractivity (Wildman–Crippen MR) is 124 cm³/mol. The van der Waals surface area contributed by atoms with E-state index in [1.807, 2.05) is 0 Å². The Kier molecular flexibility index (Phi) is 6.42. The van der Waals surface area contributed by atoms with Crippen molar-refractivity contribution in [2.24, 2.45) is 0 Å². The summed E-state index contributed by atoms with van der Waals surface area (Å²) in [6.45, 7) is 0. The molecule has 4 aromatic rings. The SMILES string of the molecule is COc1ccc(NC(=O)CSc2nc3ccsc3c(=O)n2-c2ccccc2F)cc1OC. The molecule has 0 bridgehead atoms. The second kappa shape index (κ2) is 9.41. The van der Waals surface area contributed by atoms with E-state index in [0.717, 1.165) is 11.8 Å². The van der Waals surface area contributed by atoms with Crippen molar-refractivity contribution < 1.29 is 18.7 Å². The first-order chi connectivity index (χ1) is 15.5. The fourth-order valence-corrected chi connectivity index (χ4v) is 4.64. The average Bonchev–Trinajstić information content (AvgIpc) is 3.27. The molecular formula is C22H18FN3O4S2. The van der Waals surface area contributed by atoms with Gasteiger partial charge in [-0.25, -0.2) is 9.37 Å². The number of thioether (sulfide) groups is 1. The Morgan fingerprint density at radius 3 is 2.69 bits per heavy atom. The van der Waals surface area contributed by atoms with Crippen LogP contribution in [0.2, 0.25) is 0 Å². The van der Waals surface area contributed by atoms with Crippen molar-refractivity contribution in [1.82, 2.24) is 9.55 Å². The third-order valence-electron chi connectivity index (χ3n) is 4.54. The van der Waals surface area contributed by atoms with Crippen molar-refractivity contribution in [3.05, 3.63) is 70.1 Å². The molecule has 2 heterocycles. The number of aromatic nitrogens is 2. The molecule has 0 aliphatic rings. The summed E-state index contributed by atoms with van der Waals surface area (Å²) in [6, 6.07) is 12.7. The van der Waals surface area contributed by atoms with Gasteiger partial charge in [0.15, 0.2) is 16.7 Å². The van der Waals surface area contributed by atoms with E-state index < -0.39 is 5.82 Å². The molecule has 0 fully saturated rings. The summed E-state index contributed by atoms with van der Waals surface area (Å²) >= 11 is 2.29. The second-order valence-electron chi connectivity index (χ2n) is 6.53. The maximum absolute atomic E-state index is 14.5. The molecule has 7 nitrogen and oxygen atoms in total. The van der Waals surface area contributed by atoms with Gasteiger partial charge in [-0.1, -0.05) is 23.9 Å². The summed E-state index contributed by atoms with van der Waals surface area (Å²) in [6.07, 6.45) is 0. The van der Waals surface area contributed by atoms with Crippen LogP contribution in [0.1, 0.15) is 0 Å². The van der Waals surface area contributed by atoms with Crippen molar-refractivity contribution in [2.75, 3.05) is 25.3 Å². The van der Waals surface area contributed by atoms with Gasteiger partial charge in [0.1, 0.15) is 10.5 Å². The highest BCUT2D eigenvalue weighted by Crippen LogP contribution is 2.30. The zero-order chi connectivity index (χ0) is 22.7. The molecule has 1 amide bonds. The van der Waals surface area contributed by atoms with Gasteiger partial charge in [-0.2, -0.15) is 0 Å². The van der Waals surface area contributed by atoms with Gasteiger partial charge in [0.2, 0.25) is 5.91 Å². The molecule has 1 N–H and O–H groups in total. The molecule has 0 radical (unpaired) electrons. The van der Waals surface area contributed by atoms with E-state index in [1.165, 1.54) is 42.3 Å². The number of carbonyl (C=O) groups excluding carboxylic acids is 1. The number of anilines is 1. The number of fused-ring (bicyclic) bond motifs is 1. The van der Waals surface area contributed by atoms with E-state index in [9.17, 15) is 14.0 Å². The number of thiophene rings is 1. The molecule has 0 saturated carbocycles. The number of benzene rings is 2. The van der Waals surface area contributed by atoms with Gasteiger partial charge >= 0.3 is 0 Å². The lowest BCUT2D eigenvalue weighted by molar-refractivity contribution is -0.113. The third kappa shape index (κ3) is 4.32. The number of para-hydroxylation sites is 1. The van der Waals surface area contributed by atoms with Crippen LogP contribution < -0.4 is 20.3 Å². The van der Waals surface area contributed by atoms with Crippen molar-refractivity contribution in [3.63, 3.8) is 0 Å². The first kappa shape index (κ1) is 21.8. The Balaban J connectivity index is 1.61. The fourth-order valence-electron chi connectivity index (χ4n) is 3.08. The molecule has 2 aromatic carbocycles. The number of hydrogen-bond acceptors (Lipinski definition) is 7. The van der Waals surface area contributed by atoms with Crippen LogP contribution in [-0.2, 0) is 4.79 Å². The van der Waals surface area contributed by atoms with Gasteiger partial charge in [-0.3, -0.25) is 14.2 Å². The zero-order valence-corrected chi connectivity index (χ0v) is 18.8. The van der Waals surface area contributed by atoms with E-state index in [2.05, 4.69) is 10.3 Å². The maximum Gasteiger partial charge on any atom is 0.276 e. The van der Waals surface area contributed by atoms with E-state index >= 15 is 0 Å². The number of nitrogens with one attached hydrogen (secondary N) is 1. The van der Waals surface area contributed by atoms with E-state index in [1.54, 1.807) is 41.8 Å². The number of carbonyl (C=O) groups is 1. The maximum atomic E-state index is 14.5. The highest BCUT2D eigenvalue weighted by atomic mass is 32.2. The number of rotatable bonds is 7. The predicted octanol–water partition coefficient (Wildman–Crippen LogP) is 4.33. The minimum atomic E-state index is -0.552. The second-order valence-corrected chi connectivity index (χ2v) is 8.39. The molecular weight excluding hydrogens is 453 g/mol. The standard InChI is InChI=1S/C22H18FN3O4S2/c1-29-17-8-7-13(11-18(17)30-2)24-19(27)12-32-22-25-15-9-10-31-20(15)21(28)26(22)16-6-4-3-5-14(16)23/h3-11H,12H2,1-2H3,(H,24,27). The van der Waals surface area contributed by atoms with E-state index in [4.69, 9.17) is 9.47 Å². The Morgan fingerprint density at radius 1 is 1.16 bits per heavy atom. The molecule has 0 aliphatic carbocycles. The molecule has 0 aliphatic heterocycles. The van der Waals surface area contributed by atoms with E-state index in [0.29, 0.717) is 27.4 Å². The van der Waals surface area contributed by atoms with Crippen LogP contribution in [-0.4, -0.2) is 35.4 Å². The zero-order valence-electron chi connectivity index (χ0n) is 17.1. The minimum absolute atomic E-state index is 0.0368. The topological polar surface area (TPSA) is 82.5 Å². The Morgan fingerprint density at radius 2 is 1.94 bits per heavy atom. The number of amides is 1. The summed E-state index contributed by atoms with van der Waals surface area (Å²) in [7, 11) is 3.03. The molecule has 32 heavy (non-hydrogen) atoms. The normalized spacial score (nSPS) is 10.8. The van der Waals surface area contributed by atoms with Gasteiger partial charge in [0.05, 0.1) is 31.2 Å². The molecule has 0 saturated heterocycles. The first-order valence-electron chi connectivity index (χ1n) is 9.41. The summed E-state index contributed by atoms with van der Waals surface area (Å²) in [5, 5.41) is 4.76. The number of ether oxygens (including phenoxy) is 2. The smallest absolute Gasteiger partial charge is 0.276 e. The molecule has 10 heteroatoms. The van der Waals surface area contributed by atoms with Crippen molar-refractivity contribution in [2.45, 2.75) is 5.16 Å². The number of halogens is 1. The van der Waals surface area contributed by atoms with Crippen LogP contribution in [0.15, 0.2) is 63.9 Å². The van der Waals surface area contributed by atoms with Crippen LogP contribution in [0.5, 0.6) is 11.5 Å². The van der Waals surface area contributed by atoms with Gasteiger partial charge in [-0.05, 0) is 35.7 Å². The monoisotopic (exact) mass is 471 g/mol. The van der Waals surface area contributed by atoms with Gasteiger partial charge < -0.3 is 14.8 Å². The Bertz CT molecular complexity index is 1350. The summed E-state index contributed by atoms with van der Waals surface area (Å²) in [5.41, 5.74) is 0.748. The molecule has 164 valence electrons. The lowest BCUT2D eigenvalue weighted by Crippen LogP contribution is -2.23. The first-order valence-corrected chi connectivity index (χ1v) is 11.3. The third-order valence-corrected chi connectivity index (χ3v) is 6.37. The minimum Gasteiger partial charge on any atom is -0.493 e. The van der Waals surface area contributed by atoms with Crippen molar-refractivity contribution >= 4 is 44.9 Å². The molecule has 0 spiro atoms. The number of hydrogen-bond donors (Lipinski definition) is 1. The lowest BCUT2D eigenvalue weighted by atomic mass is 10.2. The Labute approximate surface area is 190 Å². The quantitative estimate of drug-likeness (QED) is 0.319. The summed E-state index contributed by atoms with van der Waals surface area (Å²) < 4.78 is 26.6. The van der Waals surface area contributed by atoms with Crippen LogP contribution >= 0.6 is 23.1 Å². The van der Waals surface area contributed by atoms with Crippen LogP contribution in [0, 0.1) is 5.82 Å². The van der Waals surface area contributed by atoms with Crippen molar-refractivity contribution in [1.29, 1.82) is 0 Å². The highest BCUT2D eigenvalue weighted by Gasteiger charge is 2.18. The number of nitrogens with zero attached hydrogens (tertiary/aromatic N) is 2. The van der Waals surface area contributed by atoms with Crippen LogP contribution in [0.3, 0.4) is 0 Å². The van der Waals surface area contributed by atoms with Crippen LogP contribution in [0.4, 0.5) is 10.1 Å². The Hall–Kier alpha value is -3.37.